The quantitative estimate of drug-likeness (QED) is 0.598. The van der Waals surface area contributed by atoms with Crippen LogP contribution in [0, 0.1) is 0 Å². The Bertz CT molecular complexity index is 1000. The average molecular weight is 389 g/mol. The van der Waals surface area contributed by atoms with Gasteiger partial charge in [0.15, 0.2) is 17.3 Å². The minimum Gasteiger partial charge on any atom is -0.504 e. The Morgan fingerprint density at radius 2 is 2.00 bits per heavy atom. The van der Waals surface area contributed by atoms with Crippen LogP contribution in [0.2, 0.25) is 0 Å². The largest absolute Gasteiger partial charge is 0.504 e. The van der Waals surface area contributed by atoms with Gasteiger partial charge in [-0.2, -0.15) is 13.5 Å². The summed E-state index contributed by atoms with van der Waals surface area (Å²) in [7, 11) is -0.742. The van der Waals surface area contributed by atoms with Gasteiger partial charge in [0, 0.05) is 12.7 Å². The van der Waals surface area contributed by atoms with Gasteiger partial charge >= 0.3 is 0 Å². The topological polar surface area (TPSA) is 101 Å². The van der Waals surface area contributed by atoms with Gasteiger partial charge in [0.2, 0.25) is 0 Å². The van der Waals surface area contributed by atoms with Crippen LogP contribution in [0.5, 0.6) is 11.5 Å². The van der Waals surface area contributed by atoms with Crippen molar-refractivity contribution in [1.82, 2.24) is 5.01 Å². The van der Waals surface area contributed by atoms with Crippen LogP contribution in [0.15, 0.2) is 56.9 Å². The highest BCUT2D eigenvalue weighted by Crippen LogP contribution is 2.28. The van der Waals surface area contributed by atoms with Crippen LogP contribution in [0.3, 0.4) is 0 Å². The van der Waals surface area contributed by atoms with Crippen molar-refractivity contribution in [3.63, 3.8) is 0 Å². The first-order chi connectivity index (χ1) is 13.0. The third kappa shape index (κ3) is 3.93. The Labute approximate surface area is 157 Å². The molecule has 0 amide bonds. The van der Waals surface area contributed by atoms with Gasteiger partial charge in [0.05, 0.1) is 26.5 Å². The van der Waals surface area contributed by atoms with Gasteiger partial charge in [-0.15, -0.1) is 4.40 Å². The van der Waals surface area contributed by atoms with Crippen LogP contribution >= 0.6 is 0 Å². The van der Waals surface area contributed by atoms with Crippen molar-refractivity contribution >= 4 is 22.1 Å². The van der Waals surface area contributed by atoms with Gasteiger partial charge in [-0.1, -0.05) is 12.1 Å². The molecule has 0 radical (unpaired) electrons. The van der Waals surface area contributed by atoms with E-state index in [0.717, 1.165) is 0 Å². The van der Waals surface area contributed by atoms with E-state index in [4.69, 9.17) is 9.47 Å². The molecule has 27 heavy (non-hydrogen) atoms. The molecule has 0 bridgehead atoms. The highest BCUT2D eigenvalue weighted by Gasteiger charge is 2.31. The molecule has 0 atom stereocenters. The lowest BCUT2D eigenvalue weighted by molar-refractivity contribution is 0.178. The lowest BCUT2D eigenvalue weighted by atomic mass is 10.2. The zero-order valence-electron chi connectivity index (χ0n) is 14.9. The van der Waals surface area contributed by atoms with Crippen LogP contribution in [-0.2, 0) is 14.8 Å². The number of methoxy groups -OCH3 is 2. The smallest absolute Gasteiger partial charge is 0.285 e. The molecule has 0 fully saturated rings. The van der Waals surface area contributed by atoms with Gasteiger partial charge in [-0.05, 0) is 35.9 Å². The molecule has 0 unspecified atom stereocenters. The minimum atomic E-state index is -3.75. The summed E-state index contributed by atoms with van der Waals surface area (Å²) >= 11 is 0. The predicted octanol–water partition coefficient (Wildman–Crippen LogP) is 1.83. The number of fused-ring (bicyclic) bond motifs is 1. The molecule has 2 aromatic carbocycles. The molecular weight excluding hydrogens is 370 g/mol. The van der Waals surface area contributed by atoms with Crippen molar-refractivity contribution in [3.8, 4) is 11.5 Å². The number of phenols is 1. The van der Waals surface area contributed by atoms with Crippen LogP contribution in [0.25, 0.3) is 0 Å². The molecule has 1 aliphatic heterocycles. The number of nitrogens with zero attached hydrogens (tertiary/aromatic N) is 3. The summed E-state index contributed by atoms with van der Waals surface area (Å²) in [5.74, 6) is 0.573. The number of rotatable bonds is 6. The van der Waals surface area contributed by atoms with Crippen molar-refractivity contribution in [2.24, 2.45) is 9.50 Å². The third-order valence-corrected chi connectivity index (χ3v) is 5.24. The van der Waals surface area contributed by atoms with Gasteiger partial charge in [-0.3, -0.25) is 0 Å². The fourth-order valence-electron chi connectivity index (χ4n) is 2.58. The average Bonchev–Trinajstić information content (AvgIpc) is 2.94. The molecule has 8 nitrogen and oxygen atoms in total. The second-order valence-electron chi connectivity index (χ2n) is 5.68. The maximum Gasteiger partial charge on any atom is 0.285 e. The summed E-state index contributed by atoms with van der Waals surface area (Å²) < 4.78 is 38.7. The Morgan fingerprint density at radius 3 is 2.74 bits per heavy atom. The molecule has 0 saturated carbocycles. The molecule has 142 valence electrons. The lowest BCUT2D eigenvalue weighted by Gasteiger charge is -2.18. The molecule has 1 heterocycles. The molecule has 0 aliphatic carbocycles. The van der Waals surface area contributed by atoms with E-state index in [1.807, 2.05) is 0 Å². The molecule has 9 heteroatoms. The van der Waals surface area contributed by atoms with Gasteiger partial charge in [-0.25, -0.2) is 5.01 Å². The second-order valence-corrected chi connectivity index (χ2v) is 7.25. The van der Waals surface area contributed by atoms with Gasteiger partial charge < -0.3 is 14.6 Å². The van der Waals surface area contributed by atoms with E-state index >= 15 is 0 Å². The zero-order chi connectivity index (χ0) is 19.4. The van der Waals surface area contributed by atoms with Crippen molar-refractivity contribution in [2.45, 2.75) is 4.90 Å². The van der Waals surface area contributed by atoms with E-state index in [2.05, 4.69) is 9.50 Å². The first-order valence-corrected chi connectivity index (χ1v) is 9.52. The molecule has 3 rings (SSSR count). The SMILES string of the molecule is COCCN(/N=C/c1ccc(O)c(OC)c1)C1=NS(=O)(=O)c2ccccc21. The van der Waals surface area contributed by atoms with Crippen LogP contribution in [0.1, 0.15) is 11.1 Å². The summed E-state index contributed by atoms with van der Waals surface area (Å²) in [4.78, 5) is 0.156. The van der Waals surface area contributed by atoms with Crippen molar-refractivity contribution in [1.29, 1.82) is 0 Å². The summed E-state index contributed by atoms with van der Waals surface area (Å²) in [6.07, 6.45) is 1.54. The van der Waals surface area contributed by atoms with Crippen LogP contribution in [0.4, 0.5) is 0 Å². The third-order valence-electron chi connectivity index (χ3n) is 3.91. The lowest BCUT2D eigenvalue weighted by Crippen LogP contribution is -2.29. The fraction of sp³-hybridized carbons (Fsp3) is 0.222. The Balaban J connectivity index is 1.96. The summed E-state index contributed by atoms with van der Waals surface area (Å²) in [6, 6.07) is 11.4. The minimum absolute atomic E-state index is 0.0195. The van der Waals surface area contributed by atoms with E-state index in [-0.39, 0.29) is 16.5 Å². The van der Waals surface area contributed by atoms with Crippen LogP contribution < -0.4 is 4.74 Å². The molecule has 0 saturated heterocycles. The number of benzene rings is 2. The molecule has 0 spiro atoms. The van der Waals surface area contributed by atoms with Gasteiger partial charge in [0.1, 0.15) is 4.90 Å². The molecule has 1 aliphatic rings. The first-order valence-electron chi connectivity index (χ1n) is 8.08. The second kappa shape index (κ2) is 7.77. The van der Waals surface area contributed by atoms with E-state index in [1.165, 1.54) is 30.5 Å². The number of aromatic hydroxyl groups is 1. The maximum absolute atomic E-state index is 12.3. The number of hydrogen-bond donors (Lipinski definition) is 1. The Hall–Kier alpha value is -2.91. The number of hydrazone groups is 1. The Kier molecular flexibility index (Phi) is 5.43. The highest BCUT2D eigenvalue weighted by atomic mass is 32.2. The molecule has 2 aromatic rings. The zero-order valence-corrected chi connectivity index (χ0v) is 15.7. The summed E-state index contributed by atoms with van der Waals surface area (Å²) in [5, 5.41) is 15.5. The van der Waals surface area contributed by atoms with Crippen LogP contribution in [-0.4, -0.2) is 58.0 Å². The normalized spacial score (nSPS) is 14.8. The van der Waals surface area contributed by atoms with Crippen molar-refractivity contribution in [3.05, 3.63) is 53.6 Å². The fourth-order valence-corrected chi connectivity index (χ4v) is 3.79. The molecule has 0 aromatic heterocycles. The van der Waals surface area contributed by atoms with E-state index in [1.54, 1.807) is 37.4 Å². The number of ether oxygens (including phenoxy) is 2. The monoisotopic (exact) mass is 389 g/mol. The highest BCUT2D eigenvalue weighted by molar-refractivity contribution is 7.90. The number of hydrogen-bond acceptors (Lipinski definition) is 7. The number of sulfonamides is 1. The predicted molar refractivity (Wildman–Crippen MR) is 101 cm³/mol. The first kappa shape index (κ1) is 18.9. The number of phenolic OH excluding ortho intramolecular Hbond substituents is 1. The number of amidine groups is 1. The van der Waals surface area contributed by atoms with Gasteiger partial charge in [0.25, 0.3) is 10.0 Å². The molecular formula is C18H19N3O5S. The van der Waals surface area contributed by atoms with Crippen molar-refractivity contribution < 1.29 is 23.0 Å². The standard InChI is InChI=1S/C18H19N3O5S/c1-25-10-9-21(19-12-13-7-8-15(22)16(11-13)26-2)18-14-5-3-4-6-17(14)27(23,24)20-18/h3-8,11-12,22H,9-10H2,1-2H3/b19-12+. The maximum atomic E-state index is 12.3. The summed E-state index contributed by atoms with van der Waals surface area (Å²) in [5.41, 5.74) is 1.16. The Morgan fingerprint density at radius 1 is 1.22 bits per heavy atom. The van der Waals surface area contributed by atoms with E-state index in [0.29, 0.717) is 30.0 Å². The summed E-state index contributed by atoms with van der Waals surface area (Å²) in [6.45, 7) is 0.641. The van der Waals surface area contributed by atoms with E-state index < -0.39 is 10.0 Å². The van der Waals surface area contributed by atoms with Crippen molar-refractivity contribution in [2.75, 3.05) is 27.4 Å². The molecule has 1 N–H and O–H groups in total. The van der Waals surface area contributed by atoms with E-state index in [9.17, 15) is 13.5 Å².